The quantitative estimate of drug-likeness (QED) is 0.306. The molecule has 206 valence electrons. The van der Waals surface area contributed by atoms with Crippen LogP contribution >= 0.6 is 0 Å². The number of methoxy groups -OCH3 is 1. The smallest absolute Gasteiger partial charge is 0.335 e. The molecule has 4 heterocycles. The maximum absolute atomic E-state index is 11.6. The zero-order valence-corrected chi connectivity index (χ0v) is 22.5. The normalized spacial score (nSPS) is 17.3. The third kappa shape index (κ3) is 5.71. The Bertz CT molecular complexity index is 1540. The molecule has 0 radical (unpaired) electrons. The Hall–Kier alpha value is -4.21. The van der Waals surface area contributed by atoms with Crippen molar-refractivity contribution in [1.29, 1.82) is 0 Å². The summed E-state index contributed by atoms with van der Waals surface area (Å²) in [5.74, 6) is 1.41. The van der Waals surface area contributed by atoms with Crippen molar-refractivity contribution in [3.8, 4) is 11.6 Å². The van der Waals surface area contributed by atoms with E-state index in [0.29, 0.717) is 25.6 Å². The van der Waals surface area contributed by atoms with Gasteiger partial charge in [-0.05, 0) is 60.4 Å². The highest BCUT2D eigenvalue weighted by Crippen LogP contribution is 2.26. The number of imidazole rings is 1. The van der Waals surface area contributed by atoms with Gasteiger partial charge in [0.05, 0.1) is 48.6 Å². The molecule has 9 nitrogen and oxygen atoms in total. The molecule has 2 aliphatic heterocycles. The number of benzene rings is 2. The minimum atomic E-state index is -0.936. The third-order valence-electron chi connectivity index (χ3n) is 7.51. The third-order valence-corrected chi connectivity index (χ3v) is 7.51. The summed E-state index contributed by atoms with van der Waals surface area (Å²) in [5.41, 5.74) is 5.10. The molecule has 6 rings (SSSR count). The van der Waals surface area contributed by atoms with Crippen LogP contribution in [0.2, 0.25) is 0 Å². The van der Waals surface area contributed by atoms with E-state index < -0.39 is 5.97 Å². The van der Waals surface area contributed by atoms with Crippen LogP contribution in [0.25, 0.3) is 16.6 Å². The second-order valence-electron chi connectivity index (χ2n) is 10.1. The van der Waals surface area contributed by atoms with Crippen LogP contribution in [0.1, 0.15) is 40.3 Å². The van der Waals surface area contributed by atoms with Gasteiger partial charge >= 0.3 is 5.97 Å². The van der Waals surface area contributed by atoms with E-state index in [0.717, 1.165) is 66.4 Å². The molecule has 4 aromatic rings. The molecular formula is C31H32N4O5. The fraction of sp³-hybridized carbons (Fsp3) is 0.323. The van der Waals surface area contributed by atoms with Gasteiger partial charge in [-0.15, -0.1) is 0 Å². The number of carbonyl (C=O) groups is 1. The molecule has 0 saturated carbocycles. The van der Waals surface area contributed by atoms with Crippen molar-refractivity contribution < 1.29 is 24.1 Å². The van der Waals surface area contributed by atoms with Gasteiger partial charge < -0.3 is 23.9 Å². The van der Waals surface area contributed by atoms with Crippen LogP contribution < -0.4 is 9.47 Å². The van der Waals surface area contributed by atoms with Gasteiger partial charge in [0.15, 0.2) is 0 Å². The Labute approximate surface area is 232 Å². The van der Waals surface area contributed by atoms with Crippen LogP contribution in [-0.4, -0.2) is 63.4 Å². The average Bonchev–Trinajstić information content (AvgIpc) is 3.30. The molecule has 9 heteroatoms. The van der Waals surface area contributed by atoms with Gasteiger partial charge in [-0.2, -0.15) is 0 Å². The first-order chi connectivity index (χ1) is 19.6. The Morgan fingerprint density at radius 3 is 2.67 bits per heavy atom. The maximum atomic E-state index is 11.6. The monoisotopic (exact) mass is 540 g/mol. The fourth-order valence-corrected chi connectivity index (χ4v) is 5.10. The molecule has 0 spiro atoms. The lowest BCUT2D eigenvalue weighted by Gasteiger charge is -2.29. The molecule has 0 amide bonds. The van der Waals surface area contributed by atoms with Crippen molar-refractivity contribution in [2.75, 3.05) is 26.8 Å². The van der Waals surface area contributed by atoms with Crippen molar-refractivity contribution >= 4 is 22.6 Å². The van der Waals surface area contributed by atoms with Crippen molar-refractivity contribution in [3.63, 3.8) is 0 Å². The molecule has 2 aromatic carbocycles. The molecule has 1 N–H and O–H groups in total. The van der Waals surface area contributed by atoms with Gasteiger partial charge in [0.25, 0.3) is 0 Å². The van der Waals surface area contributed by atoms with Crippen LogP contribution in [0.5, 0.6) is 11.6 Å². The van der Waals surface area contributed by atoms with Gasteiger partial charge in [-0.3, -0.25) is 4.90 Å². The van der Waals surface area contributed by atoms with E-state index >= 15 is 0 Å². The summed E-state index contributed by atoms with van der Waals surface area (Å²) in [6, 6.07) is 18.8. The van der Waals surface area contributed by atoms with Crippen LogP contribution in [0, 0.1) is 0 Å². The number of ether oxygens (including phenoxy) is 3. The average molecular weight is 541 g/mol. The number of hydrogen-bond donors (Lipinski definition) is 1. The van der Waals surface area contributed by atoms with Crippen molar-refractivity contribution in [2.24, 2.45) is 0 Å². The SMILES string of the molecule is COc1ccc(COc2cccc(C3=CCN(Cc4nc5ccc(C(=O)O)cc5n4C[C@@H]4CCO4)CC3)n2)cc1. The lowest BCUT2D eigenvalue weighted by Crippen LogP contribution is -2.33. The predicted octanol–water partition coefficient (Wildman–Crippen LogP) is 4.80. The standard InChI is InChI=1S/C31H32N4O5/c1-38-24-8-5-21(6-9-24)20-40-30-4-2-3-26(33-30)22-11-14-34(15-12-22)19-29-32-27-10-7-23(31(36)37)17-28(27)35(29)18-25-13-16-39-25/h2-11,17,25H,12-16,18-20H2,1H3,(H,36,37)/t25-/m0/s1. The Balaban J connectivity index is 1.13. The second-order valence-corrected chi connectivity index (χ2v) is 10.1. The number of fused-ring (bicyclic) bond motifs is 1. The number of aromatic carboxylic acids is 1. The number of hydrogen-bond acceptors (Lipinski definition) is 7. The minimum absolute atomic E-state index is 0.141. The van der Waals surface area contributed by atoms with Gasteiger partial charge in [-0.1, -0.05) is 24.3 Å². The van der Waals surface area contributed by atoms with E-state index in [1.807, 2.05) is 42.5 Å². The maximum Gasteiger partial charge on any atom is 0.335 e. The van der Waals surface area contributed by atoms with E-state index in [2.05, 4.69) is 15.5 Å². The molecule has 1 saturated heterocycles. The molecule has 2 aliphatic rings. The predicted molar refractivity (Wildman–Crippen MR) is 150 cm³/mol. The molecule has 0 unspecified atom stereocenters. The molecule has 1 fully saturated rings. The first-order valence-electron chi connectivity index (χ1n) is 13.5. The molecular weight excluding hydrogens is 508 g/mol. The molecule has 40 heavy (non-hydrogen) atoms. The van der Waals surface area contributed by atoms with Gasteiger partial charge in [0.2, 0.25) is 5.88 Å². The van der Waals surface area contributed by atoms with Crippen LogP contribution in [0.15, 0.2) is 66.7 Å². The van der Waals surface area contributed by atoms with E-state index in [1.54, 1.807) is 25.3 Å². The van der Waals surface area contributed by atoms with E-state index in [1.165, 1.54) is 5.57 Å². The number of rotatable bonds is 10. The van der Waals surface area contributed by atoms with Crippen molar-refractivity contribution in [3.05, 3.63) is 89.4 Å². The number of carboxylic acids is 1. The number of carboxylic acid groups (broad SMARTS) is 1. The zero-order valence-electron chi connectivity index (χ0n) is 22.5. The van der Waals surface area contributed by atoms with Crippen LogP contribution in [0.3, 0.4) is 0 Å². The molecule has 2 aromatic heterocycles. The highest BCUT2D eigenvalue weighted by atomic mass is 16.5. The van der Waals surface area contributed by atoms with Gasteiger partial charge in [0, 0.05) is 25.8 Å². The fourth-order valence-electron chi connectivity index (χ4n) is 5.10. The minimum Gasteiger partial charge on any atom is -0.497 e. The summed E-state index contributed by atoms with van der Waals surface area (Å²) >= 11 is 0. The summed E-state index contributed by atoms with van der Waals surface area (Å²) in [6.07, 6.45) is 4.24. The summed E-state index contributed by atoms with van der Waals surface area (Å²) < 4.78 is 19.0. The van der Waals surface area contributed by atoms with E-state index in [4.69, 9.17) is 24.2 Å². The van der Waals surface area contributed by atoms with Crippen molar-refractivity contribution in [1.82, 2.24) is 19.4 Å². The second kappa shape index (κ2) is 11.5. The van der Waals surface area contributed by atoms with Crippen LogP contribution in [0.4, 0.5) is 0 Å². The topological polar surface area (TPSA) is 98.9 Å². The van der Waals surface area contributed by atoms with Crippen LogP contribution in [-0.2, 0) is 24.4 Å². The van der Waals surface area contributed by atoms with E-state index in [-0.39, 0.29) is 11.7 Å². The summed E-state index contributed by atoms with van der Waals surface area (Å²) in [5, 5.41) is 9.49. The van der Waals surface area contributed by atoms with Crippen molar-refractivity contribution in [2.45, 2.75) is 38.6 Å². The zero-order chi connectivity index (χ0) is 27.5. The number of pyridine rings is 1. The summed E-state index contributed by atoms with van der Waals surface area (Å²) in [6.45, 7) is 4.21. The van der Waals surface area contributed by atoms with E-state index in [9.17, 15) is 9.90 Å². The first-order valence-corrected chi connectivity index (χ1v) is 13.5. The Kier molecular flexibility index (Phi) is 7.48. The molecule has 1 atom stereocenters. The summed E-state index contributed by atoms with van der Waals surface area (Å²) in [4.78, 5) is 23.6. The lowest BCUT2D eigenvalue weighted by atomic mass is 10.0. The summed E-state index contributed by atoms with van der Waals surface area (Å²) in [7, 11) is 1.65. The van der Waals surface area contributed by atoms with Gasteiger partial charge in [-0.25, -0.2) is 14.8 Å². The number of aromatic nitrogens is 3. The molecule has 0 bridgehead atoms. The Morgan fingerprint density at radius 1 is 1.12 bits per heavy atom. The lowest BCUT2D eigenvalue weighted by molar-refractivity contribution is -0.0591. The molecule has 0 aliphatic carbocycles. The largest absolute Gasteiger partial charge is 0.497 e. The number of nitrogens with zero attached hydrogens (tertiary/aromatic N) is 4. The highest BCUT2D eigenvalue weighted by molar-refractivity contribution is 5.92. The first kappa shape index (κ1) is 26.0. The van der Waals surface area contributed by atoms with Gasteiger partial charge in [0.1, 0.15) is 18.2 Å². The Morgan fingerprint density at radius 2 is 1.98 bits per heavy atom. The highest BCUT2D eigenvalue weighted by Gasteiger charge is 2.24.